The number of benzene rings is 1. The van der Waals surface area contributed by atoms with Gasteiger partial charge in [0.1, 0.15) is 11.5 Å². The molecule has 0 amide bonds. The predicted octanol–water partition coefficient (Wildman–Crippen LogP) is 4.00. The van der Waals surface area contributed by atoms with Crippen LogP contribution in [-0.2, 0) is 10.1 Å². The number of carbonyl (C=O) groups is 1. The highest BCUT2D eigenvalue weighted by Crippen LogP contribution is 2.34. The van der Waals surface area contributed by atoms with E-state index in [4.69, 9.17) is 16.3 Å². The Labute approximate surface area is 145 Å². The van der Waals surface area contributed by atoms with Crippen molar-refractivity contribution in [3.63, 3.8) is 0 Å². The number of fused-ring (bicyclic) bond motifs is 1. The van der Waals surface area contributed by atoms with Gasteiger partial charge < -0.3 is 4.74 Å². The van der Waals surface area contributed by atoms with Gasteiger partial charge in [0.05, 0.1) is 12.3 Å². The zero-order valence-electron chi connectivity index (χ0n) is 12.8. The summed E-state index contributed by atoms with van der Waals surface area (Å²) in [4.78, 5) is 16.0. The van der Waals surface area contributed by atoms with Crippen LogP contribution in [-0.4, -0.2) is 27.2 Å². The van der Waals surface area contributed by atoms with Gasteiger partial charge in [-0.1, -0.05) is 0 Å². The van der Waals surface area contributed by atoms with E-state index in [0.29, 0.717) is 5.56 Å². The van der Waals surface area contributed by atoms with Crippen molar-refractivity contribution in [3.8, 4) is 11.3 Å². The van der Waals surface area contributed by atoms with Crippen LogP contribution in [0.25, 0.3) is 16.9 Å². The largest absolute Gasteiger partial charge is 0.461 e. The van der Waals surface area contributed by atoms with E-state index in [2.05, 4.69) is 10.1 Å². The van der Waals surface area contributed by atoms with Crippen LogP contribution in [0.1, 0.15) is 23.1 Å². The zero-order valence-corrected chi connectivity index (χ0v) is 13.6. The highest BCUT2D eigenvalue weighted by Gasteiger charge is 2.33. The van der Waals surface area contributed by atoms with Gasteiger partial charge in [-0.25, -0.2) is 18.7 Å². The highest BCUT2D eigenvalue weighted by atomic mass is 35.5. The Morgan fingerprint density at radius 1 is 1.28 bits per heavy atom. The van der Waals surface area contributed by atoms with Gasteiger partial charge in [0.2, 0.25) is 0 Å². The summed E-state index contributed by atoms with van der Waals surface area (Å²) in [6.45, 7) is 1.72. The molecule has 130 valence electrons. The van der Waals surface area contributed by atoms with Crippen LogP contribution in [0.4, 0.5) is 13.2 Å². The molecule has 0 saturated carbocycles. The first-order valence-corrected chi connectivity index (χ1v) is 7.58. The molecule has 5 nitrogen and oxygen atoms in total. The summed E-state index contributed by atoms with van der Waals surface area (Å²) in [6, 6.07) is 7.41. The first-order chi connectivity index (χ1) is 11.8. The third-order valence-electron chi connectivity index (χ3n) is 3.34. The number of hydrogen-bond acceptors (Lipinski definition) is 4. The number of carbonyl (C=O) groups excluding carboxylic acids is 1. The lowest BCUT2D eigenvalue weighted by molar-refractivity contribution is 0.0517. The average Bonchev–Trinajstić information content (AvgIpc) is 2.98. The first kappa shape index (κ1) is 17.2. The van der Waals surface area contributed by atoms with Crippen molar-refractivity contribution in [3.05, 3.63) is 53.6 Å². The SMILES string of the molecule is CCOC(=O)c1cc2nc(-c3ccc(F)cc3)cc(C(F)(F)Cl)n2n1. The minimum Gasteiger partial charge on any atom is -0.461 e. The van der Waals surface area contributed by atoms with Crippen LogP contribution < -0.4 is 0 Å². The number of esters is 1. The van der Waals surface area contributed by atoms with Crippen LogP contribution in [0, 0.1) is 5.82 Å². The van der Waals surface area contributed by atoms with E-state index >= 15 is 0 Å². The second-order valence-corrected chi connectivity index (χ2v) is 5.53. The normalized spacial score (nSPS) is 11.7. The molecule has 0 saturated heterocycles. The Morgan fingerprint density at radius 3 is 2.56 bits per heavy atom. The van der Waals surface area contributed by atoms with E-state index in [0.717, 1.165) is 10.6 Å². The molecule has 0 bridgehead atoms. The molecular weight excluding hydrogens is 359 g/mol. The van der Waals surface area contributed by atoms with E-state index in [1.54, 1.807) is 6.92 Å². The summed E-state index contributed by atoms with van der Waals surface area (Å²) in [5.41, 5.74) is -0.315. The third kappa shape index (κ3) is 3.43. The second-order valence-electron chi connectivity index (χ2n) is 5.05. The fourth-order valence-electron chi connectivity index (χ4n) is 2.25. The minimum absolute atomic E-state index is 0.0137. The Bertz CT molecular complexity index is 936. The molecule has 3 aromatic rings. The fraction of sp³-hybridized carbons (Fsp3) is 0.188. The van der Waals surface area contributed by atoms with Crippen molar-refractivity contribution in [2.75, 3.05) is 6.61 Å². The lowest BCUT2D eigenvalue weighted by Gasteiger charge is -2.12. The molecule has 0 unspecified atom stereocenters. The van der Waals surface area contributed by atoms with Gasteiger partial charge >= 0.3 is 11.4 Å². The Hall–Kier alpha value is -2.61. The van der Waals surface area contributed by atoms with Gasteiger partial charge in [-0.3, -0.25) is 0 Å². The molecule has 0 spiro atoms. The van der Waals surface area contributed by atoms with E-state index in [-0.39, 0.29) is 23.6 Å². The van der Waals surface area contributed by atoms with Crippen LogP contribution in [0.15, 0.2) is 36.4 Å². The smallest absolute Gasteiger partial charge is 0.364 e. The maximum absolute atomic E-state index is 13.8. The number of alkyl halides is 3. The molecule has 0 atom stereocenters. The van der Waals surface area contributed by atoms with Crippen molar-refractivity contribution in [1.29, 1.82) is 0 Å². The van der Waals surface area contributed by atoms with Crippen molar-refractivity contribution in [1.82, 2.24) is 14.6 Å². The van der Waals surface area contributed by atoms with E-state index in [1.807, 2.05) is 0 Å². The monoisotopic (exact) mass is 369 g/mol. The van der Waals surface area contributed by atoms with Crippen LogP contribution >= 0.6 is 11.6 Å². The Morgan fingerprint density at radius 2 is 1.96 bits per heavy atom. The minimum atomic E-state index is -3.76. The van der Waals surface area contributed by atoms with E-state index < -0.39 is 22.9 Å². The molecule has 9 heteroatoms. The molecule has 0 N–H and O–H groups in total. The highest BCUT2D eigenvalue weighted by molar-refractivity contribution is 6.21. The molecule has 0 aliphatic carbocycles. The van der Waals surface area contributed by atoms with Gasteiger partial charge in [-0.2, -0.15) is 13.9 Å². The zero-order chi connectivity index (χ0) is 18.2. The van der Waals surface area contributed by atoms with Crippen molar-refractivity contribution in [2.45, 2.75) is 12.3 Å². The number of nitrogens with zero attached hydrogens (tertiary/aromatic N) is 3. The van der Waals surface area contributed by atoms with Gasteiger partial charge in [0, 0.05) is 11.6 Å². The number of halogens is 4. The van der Waals surface area contributed by atoms with Gasteiger partial charge in [0.15, 0.2) is 11.3 Å². The molecule has 2 heterocycles. The van der Waals surface area contributed by atoms with E-state index in [1.165, 1.54) is 30.3 Å². The van der Waals surface area contributed by atoms with Crippen molar-refractivity contribution < 1.29 is 22.7 Å². The summed E-state index contributed by atoms with van der Waals surface area (Å²) >= 11 is 5.17. The lowest BCUT2D eigenvalue weighted by Crippen LogP contribution is -2.13. The third-order valence-corrected chi connectivity index (χ3v) is 3.54. The topological polar surface area (TPSA) is 56.5 Å². The molecule has 0 radical (unpaired) electrons. The lowest BCUT2D eigenvalue weighted by atomic mass is 10.1. The Kier molecular flexibility index (Phi) is 4.38. The maximum Gasteiger partial charge on any atom is 0.364 e. The van der Waals surface area contributed by atoms with Gasteiger partial charge in [0.25, 0.3) is 0 Å². The van der Waals surface area contributed by atoms with Crippen molar-refractivity contribution >= 4 is 23.2 Å². The number of rotatable bonds is 4. The molecule has 2 aromatic heterocycles. The average molecular weight is 370 g/mol. The fourth-order valence-corrected chi connectivity index (χ4v) is 2.38. The molecule has 0 aliphatic rings. The quantitative estimate of drug-likeness (QED) is 0.515. The molecule has 1 aromatic carbocycles. The van der Waals surface area contributed by atoms with Crippen LogP contribution in [0.2, 0.25) is 0 Å². The predicted molar refractivity (Wildman–Crippen MR) is 84.1 cm³/mol. The summed E-state index contributed by atoms with van der Waals surface area (Å²) in [7, 11) is 0. The molecular formula is C16H11ClF3N3O2. The summed E-state index contributed by atoms with van der Waals surface area (Å²) in [6.07, 6.45) is 0. The number of hydrogen-bond donors (Lipinski definition) is 0. The molecule has 3 rings (SSSR count). The van der Waals surface area contributed by atoms with Crippen molar-refractivity contribution in [2.24, 2.45) is 0 Å². The van der Waals surface area contributed by atoms with E-state index in [9.17, 15) is 18.0 Å². The van der Waals surface area contributed by atoms with Gasteiger partial charge in [-0.05, 0) is 48.9 Å². The summed E-state index contributed by atoms with van der Waals surface area (Å²) in [5, 5.41) is 0.0457. The standard InChI is InChI=1S/C16H11ClF3N3O2/c1-2-25-15(24)12-8-14-21-11(9-3-5-10(18)6-4-9)7-13(16(17,19)20)23(14)22-12/h3-8H,2H2,1H3. The second kappa shape index (κ2) is 6.36. The molecule has 25 heavy (non-hydrogen) atoms. The number of aromatic nitrogens is 3. The summed E-state index contributed by atoms with van der Waals surface area (Å²) in [5.74, 6) is -1.23. The number of ether oxygens (including phenoxy) is 1. The maximum atomic E-state index is 13.8. The Balaban J connectivity index is 2.20. The molecule has 0 fully saturated rings. The van der Waals surface area contributed by atoms with Crippen LogP contribution in [0.3, 0.4) is 0 Å². The summed E-state index contributed by atoms with van der Waals surface area (Å²) < 4.78 is 46.3. The van der Waals surface area contributed by atoms with Crippen LogP contribution in [0.5, 0.6) is 0 Å². The van der Waals surface area contributed by atoms with Gasteiger partial charge in [-0.15, -0.1) is 0 Å². The molecule has 0 aliphatic heterocycles. The first-order valence-electron chi connectivity index (χ1n) is 7.20.